The van der Waals surface area contributed by atoms with Gasteiger partial charge in [0, 0.05) is 31.9 Å². The summed E-state index contributed by atoms with van der Waals surface area (Å²) in [6, 6.07) is 17.1. The second kappa shape index (κ2) is 10.4. The minimum absolute atomic E-state index is 0.188. The summed E-state index contributed by atoms with van der Waals surface area (Å²) in [4.78, 5) is 28.1. The van der Waals surface area contributed by atoms with Crippen LogP contribution in [0.4, 0.5) is 5.69 Å². The minimum Gasteiger partial charge on any atom is -0.494 e. The van der Waals surface area contributed by atoms with Gasteiger partial charge in [0.15, 0.2) is 13.2 Å². The largest absolute Gasteiger partial charge is 0.494 e. The van der Waals surface area contributed by atoms with E-state index >= 15 is 0 Å². The van der Waals surface area contributed by atoms with Crippen molar-refractivity contribution in [3.8, 4) is 11.5 Å². The molecule has 0 spiro atoms. The van der Waals surface area contributed by atoms with Crippen molar-refractivity contribution in [2.24, 2.45) is 0 Å². The third-order valence-electron chi connectivity index (χ3n) is 4.60. The van der Waals surface area contributed by atoms with E-state index in [1.165, 1.54) is 0 Å². The molecule has 0 aromatic heterocycles. The van der Waals surface area contributed by atoms with Crippen molar-refractivity contribution >= 4 is 17.6 Å². The van der Waals surface area contributed by atoms with Crippen molar-refractivity contribution in [1.29, 1.82) is 0 Å². The van der Waals surface area contributed by atoms with Crippen molar-refractivity contribution < 1.29 is 23.8 Å². The molecular weight excluding hydrogens is 372 g/mol. The average Bonchev–Trinajstić information content (AvgIpc) is 2.78. The highest BCUT2D eigenvalue weighted by atomic mass is 16.6. The molecule has 2 aromatic rings. The molecule has 154 valence electrons. The van der Waals surface area contributed by atoms with E-state index in [-0.39, 0.29) is 19.1 Å². The van der Waals surface area contributed by atoms with Gasteiger partial charge in [-0.15, -0.1) is 0 Å². The van der Waals surface area contributed by atoms with E-state index in [4.69, 9.17) is 14.2 Å². The van der Waals surface area contributed by atoms with Crippen LogP contribution in [0.3, 0.4) is 0 Å². The molecule has 1 amide bonds. The molecule has 1 heterocycles. The average molecular weight is 398 g/mol. The second-order valence-corrected chi connectivity index (χ2v) is 6.56. The molecule has 7 heteroatoms. The molecule has 0 unspecified atom stereocenters. The van der Waals surface area contributed by atoms with Crippen LogP contribution in [-0.2, 0) is 14.3 Å². The summed E-state index contributed by atoms with van der Waals surface area (Å²) >= 11 is 0. The maximum absolute atomic E-state index is 12.3. The van der Waals surface area contributed by atoms with Crippen LogP contribution in [0.1, 0.15) is 6.92 Å². The van der Waals surface area contributed by atoms with Gasteiger partial charge in [-0.05, 0) is 43.3 Å². The number of esters is 1. The van der Waals surface area contributed by atoms with Crippen molar-refractivity contribution in [2.75, 3.05) is 50.9 Å². The van der Waals surface area contributed by atoms with Gasteiger partial charge in [0.05, 0.1) is 6.61 Å². The third-order valence-corrected chi connectivity index (χ3v) is 4.60. The van der Waals surface area contributed by atoms with Gasteiger partial charge >= 0.3 is 5.97 Å². The molecule has 2 aromatic carbocycles. The van der Waals surface area contributed by atoms with Crippen LogP contribution < -0.4 is 14.4 Å². The quantitative estimate of drug-likeness (QED) is 0.636. The van der Waals surface area contributed by atoms with Gasteiger partial charge in [-0.2, -0.15) is 0 Å². The lowest BCUT2D eigenvalue weighted by Crippen LogP contribution is -2.50. The normalized spacial score (nSPS) is 13.7. The number of ether oxygens (including phenoxy) is 3. The zero-order valence-corrected chi connectivity index (χ0v) is 16.6. The summed E-state index contributed by atoms with van der Waals surface area (Å²) in [6.07, 6.45) is 0. The Morgan fingerprint density at radius 3 is 2.07 bits per heavy atom. The monoisotopic (exact) mass is 398 g/mol. The number of carbonyl (C=O) groups is 2. The Labute approximate surface area is 170 Å². The predicted molar refractivity (Wildman–Crippen MR) is 109 cm³/mol. The lowest BCUT2D eigenvalue weighted by atomic mass is 10.2. The first-order valence-corrected chi connectivity index (χ1v) is 9.75. The second-order valence-electron chi connectivity index (χ2n) is 6.56. The van der Waals surface area contributed by atoms with Crippen LogP contribution >= 0.6 is 0 Å². The molecule has 7 nitrogen and oxygen atoms in total. The van der Waals surface area contributed by atoms with E-state index in [0.717, 1.165) is 24.5 Å². The van der Waals surface area contributed by atoms with Gasteiger partial charge in [-0.25, -0.2) is 4.79 Å². The van der Waals surface area contributed by atoms with Crippen LogP contribution in [0, 0.1) is 0 Å². The van der Waals surface area contributed by atoms with E-state index in [0.29, 0.717) is 25.4 Å². The van der Waals surface area contributed by atoms with Crippen LogP contribution in [0.5, 0.6) is 11.5 Å². The van der Waals surface area contributed by atoms with E-state index in [1.54, 1.807) is 29.2 Å². The fourth-order valence-corrected chi connectivity index (χ4v) is 3.07. The molecule has 1 fully saturated rings. The first-order chi connectivity index (χ1) is 14.2. The Kier molecular flexibility index (Phi) is 7.33. The maximum atomic E-state index is 12.3. The first-order valence-electron chi connectivity index (χ1n) is 9.75. The Morgan fingerprint density at radius 1 is 0.828 bits per heavy atom. The van der Waals surface area contributed by atoms with Crippen LogP contribution in [0.15, 0.2) is 54.6 Å². The number of piperazine rings is 1. The summed E-state index contributed by atoms with van der Waals surface area (Å²) < 4.78 is 15.8. The molecule has 0 bridgehead atoms. The molecule has 0 radical (unpaired) electrons. The molecule has 3 rings (SSSR count). The molecule has 1 aliphatic rings. The highest BCUT2D eigenvalue weighted by molar-refractivity contribution is 5.81. The zero-order valence-electron chi connectivity index (χ0n) is 16.6. The van der Waals surface area contributed by atoms with Gasteiger partial charge in [-0.3, -0.25) is 4.79 Å². The first kappa shape index (κ1) is 20.5. The topological polar surface area (TPSA) is 68.3 Å². The lowest BCUT2D eigenvalue weighted by molar-refractivity contribution is -0.153. The summed E-state index contributed by atoms with van der Waals surface area (Å²) in [6.45, 7) is 4.70. The van der Waals surface area contributed by atoms with E-state index in [1.807, 2.05) is 25.1 Å². The van der Waals surface area contributed by atoms with Gasteiger partial charge in [0.25, 0.3) is 5.91 Å². The number of benzene rings is 2. The van der Waals surface area contributed by atoms with E-state index in [9.17, 15) is 9.59 Å². The van der Waals surface area contributed by atoms with Gasteiger partial charge in [-0.1, -0.05) is 18.2 Å². The summed E-state index contributed by atoms with van der Waals surface area (Å²) in [5.41, 5.74) is 1.15. The number of hydrogen-bond acceptors (Lipinski definition) is 6. The highest BCUT2D eigenvalue weighted by Crippen LogP contribution is 2.18. The van der Waals surface area contributed by atoms with E-state index < -0.39 is 5.97 Å². The molecule has 0 N–H and O–H groups in total. The van der Waals surface area contributed by atoms with Gasteiger partial charge < -0.3 is 24.0 Å². The molecule has 1 saturated heterocycles. The van der Waals surface area contributed by atoms with Gasteiger partial charge in [0.2, 0.25) is 0 Å². The lowest BCUT2D eigenvalue weighted by Gasteiger charge is -2.36. The fraction of sp³-hybridized carbons (Fsp3) is 0.364. The SMILES string of the molecule is CCOc1ccc(OCC(=O)OCC(=O)N2CCN(c3ccccc3)CC2)cc1. The number of hydrogen-bond donors (Lipinski definition) is 0. The number of amides is 1. The molecule has 0 aliphatic carbocycles. The Hall–Kier alpha value is -3.22. The highest BCUT2D eigenvalue weighted by Gasteiger charge is 2.22. The van der Waals surface area contributed by atoms with Crippen molar-refractivity contribution in [3.05, 3.63) is 54.6 Å². The maximum Gasteiger partial charge on any atom is 0.344 e. The smallest absolute Gasteiger partial charge is 0.344 e. The van der Waals surface area contributed by atoms with Gasteiger partial charge in [0.1, 0.15) is 11.5 Å². The third kappa shape index (κ3) is 6.14. The number of nitrogens with zero attached hydrogens (tertiary/aromatic N) is 2. The van der Waals surface area contributed by atoms with Crippen LogP contribution in [0.2, 0.25) is 0 Å². The molecule has 0 atom stereocenters. The van der Waals surface area contributed by atoms with Crippen LogP contribution in [0.25, 0.3) is 0 Å². The van der Waals surface area contributed by atoms with E-state index in [2.05, 4.69) is 17.0 Å². The standard InChI is InChI=1S/C22H26N2O5/c1-2-27-19-8-10-20(11-9-19)28-17-22(26)29-16-21(25)24-14-12-23(13-15-24)18-6-4-3-5-7-18/h3-11H,2,12-17H2,1H3. The number of para-hydroxylation sites is 1. The number of carbonyl (C=O) groups excluding carboxylic acids is 2. The summed E-state index contributed by atoms with van der Waals surface area (Å²) in [5, 5.41) is 0. The number of rotatable bonds is 8. The molecule has 29 heavy (non-hydrogen) atoms. The minimum atomic E-state index is -0.574. The Morgan fingerprint density at radius 2 is 1.45 bits per heavy atom. The summed E-state index contributed by atoms with van der Waals surface area (Å²) in [7, 11) is 0. The van der Waals surface area contributed by atoms with Crippen LogP contribution in [-0.4, -0.2) is 62.8 Å². The summed E-state index contributed by atoms with van der Waals surface area (Å²) in [5.74, 6) is 0.511. The Balaban J connectivity index is 1.35. The molecule has 0 saturated carbocycles. The van der Waals surface area contributed by atoms with Crippen molar-refractivity contribution in [3.63, 3.8) is 0 Å². The molecule has 1 aliphatic heterocycles. The molecular formula is C22H26N2O5. The van der Waals surface area contributed by atoms with Crippen molar-refractivity contribution in [2.45, 2.75) is 6.92 Å². The number of anilines is 1. The van der Waals surface area contributed by atoms with Crippen molar-refractivity contribution in [1.82, 2.24) is 4.90 Å². The predicted octanol–water partition coefficient (Wildman–Crippen LogP) is 2.36. The Bertz CT molecular complexity index is 787. The fourth-order valence-electron chi connectivity index (χ4n) is 3.07. The zero-order chi connectivity index (χ0) is 20.5.